The summed E-state index contributed by atoms with van der Waals surface area (Å²) in [6, 6.07) is 6.04. The minimum absolute atomic E-state index is 0.0950. The molecule has 1 heterocycles. The van der Waals surface area contributed by atoms with E-state index in [2.05, 4.69) is 10.2 Å². The smallest absolute Gasteiger partial charge is 0.231 e. The number of hydrogen-bond donors (Lipinski definition) is 1. The topological polar surface area (TPSA) is 50.8 Å². The van der Waals surface area contributed by atoms with Crippen molar-refractivity contribution in [1.29, 1.82) is 0 Å². The molecular weight excluding hydrogens is 268 g/mol. The molecule has 0 bridgehead atoms. The Morgan fingerprint density at radius 1 is 1.29 bits per heavy atom. The van der Waals surface area contributed by atoms with Crippen molar-refractivity contribution in [3.63, 3.8) is 0 Å². The molecule has 1 aromatic rings. The Labute approximate surface area is 126 Å². The summed E-state index contributed by atoms with van der Waals surface area (Å²) in [6.45, 7) is 4.94. The lowest BCUT2D eigenvalue weighted by molar-refractivity contribution is -0.122. The van der Waals surface area contributed by atoms with Gasteiger partial charge in [0.15, 0.2) is 11.5 Å². The molecule has 5 nitrogen and oxygen atoms in total. The van der Waals surface area contributed by atoms with Crippen LogP contribution in [0.4, 0.5) is 0 Å². The predicted molar refractivity (Wildman–Crippen MR) is 81.5 cm³/mol. The molecule has 1 N–H and O–H groups in total. The average molecular weight is 292 g/mol. The van der Waals surface area contributed by atoms with Crippen molar-refractivity contribution >= 4 is 5.91 Å². The highest BCUT2D eigenvalue weighted by molar-refractivity contribution is 5.76. The van der Waals surface area contributed by atoms with Crippen LogP contribution in [0.1, 0.15) is 31.9 Å². The van der Waals surface area contributed by atoms with Crippen LogP contribution < -0.4 is 14.8 Å². The molecule has 21 heavy (non-hydrogen) atoms. The van der Waals surface area contributed by atoms with Crippen LogP contribution in [0.5, 0.6) is 11.5 Å². The highest BCUT2D eigenvalue weighted by Crippen LogP contribution is 2.34. The highest BCUT2D eigenvalue weighted by Gasteiger charge is 2.20. The van der Waals surface area contributed by atoms with Gasteiger partial charge in [0.1, 0.15) is 0 Å². The first kappa shape index (κ1) is 15.6. The van der Waals surface area contributed by atoms with Crippen molar-refractivity contribution < 1.29 is 14.3 Å². The Balaban J connectivity index is 2.03. The predicted octanol–water partition coefficient (Wildman–Crippen LogP) is 2.18. The number of fused-ring (bicyclic) bond motifs is 1. The number of likely N-dealkylation sites (N-methyl/N-ethyl adjacent to an activating group) is 1. The second-order valence-electron chi connectivity index (χ2n) is 5.99. The second-order valence-corrected chi connectivity index (χ2v) is 5.99. The average Bonchev–Trinajstić information content (AvgIpc) is 2.85. The Hall–Kier alpha value is -1.75. The van der Waals surface area contributed by atoms with Gasteiger partial charge in [-0.2, -0.15) is 0 Å². The van der Waals surface area contributed by atoms with Gasteiger partial charge in [-0.1, -0.05) is 19.9 Å². The van der Waals surface area contributed by atoms with Gasteiger partial charge in [-0.15, -0.1) is 0 Å². The maximum atomic E-state index is 11.8. The van der Waals surface area contributed by atoms with Gasteiger partial charge < -0.3 is 19.7 Å². The van der Waals surface area contributed by atoms with E-state index >= 15 is 0 Å². The minimum atomic E-state index is 0.0950. The molecule has 5 heteroatoms. The van der Waals surface area contributed by atoms with Gasteiger partial charge in [0.05, 0.1) is 6.04 Å². The van der Waals surface area contributed by atoms with Crippen molar-refractivity contribution in [1.82, 2.24) is 10.2 Å². The Bertz CT molecular complexity index is 500. The molecule has 116 valence electrons. The summed E-state index contributed by atoms with van der Waals surface area (Å²) in [5.74, 6) is 2.01. The third-order valence-electron chi connectivity index (χ3n) is 3.49. The van der Waals surface area contributed by atoms with Gasteiger partial charge >= 0.3 is 0 Å². The van der Waals surface area contributed by atoms with E-state index in [4.69, 9.17) is 9.47 Å². The van der Waals surface area contributed by atoms with Crippen molar-refractivity contribution in [2.24, 2.45) is 5.92 Å². The third-order valence-corrected chi connectivity index (χ3v) is 3.49. The molecule has 0 spiro atoms. The standard InChI is InChI=1S/C16H24N2O3/c1-11(2)7-16(19)17-9-13(18(3)4)12-5-6-14-15(8-12)21-10-20-14/h5-6,8,11,13H,7,9-10H2,1-4H3,(H,17,19)/t13-/m0/s1. The van der Waals surface area contributed by atoms with Crippen LogP contribution in [-0.4, -0.2) is 38.2 Å². The molecule has 0 aromatic heterocycles. The fourth-order valence-electron chi connectivity index (χ4n) is 2.37. The van der Waals surface area contributed by atoms with Crippen LogP contribution in [-0.2, 0) is 4.79 Å². The van der Waals surface area contributed by atoms with Crippen molar-refractivity contribution in [3.8, 4) is 11.5 Å². The SMILES string of the molecule is CC(C)CC(=O)NC[C@@H](c1ccc2c(c1)OCO2)N(C)C. The molecule has 1 atom stereocenters. The zero-order valence-corrected chi connectivity index (χ0v) is 13.2. The molecule has 1 aliphatic rings. The number of nitrogens with zero attached hydrogens (tertiary/aromatic N) is 1. The molecule has 0 radical (unpaired) electrons. The van der Waals surface area contributed by atoms with Gasteiger partial charge in [-0.25, -0.2) is 0 Å². The first-order chi connectivity index (χ1) is 9.97. The molecule has 0 saturated heterocycles. The van der Waals surface area contributed by atoms with Crippen LogP contribution in [0.2, 0.25) is 0 Å². The van der Waals surface area contributed by atoms with Crippen LogP contribution in [0.15, 0.2) is 18.2 Å². The van der Waals surface area contributed by atoms with Gasteiger partial charge in [0, 0.05) is 13.0 Å². The number of ether oxygens (including phenoxy) is 2. The Morgan fingerprint density at radius 2 is 2.00 bits per heavy atom. The van der Waals surface area contributed by atoms with E-state index in [0.717, 1.165) is 17.1 Å². The van der Waals surface area contributed by atoms with E-state index in [9.17, 15) is 4.79 Å². The summed E-state index contributed by atoms with van der Waals surface area (Å²) in [5.41, 5.74) is 1.11. The normalized spacial score (nSPS) is 14.6. The van der Waals surface area contributed by atoms with Gasteiger partial charge in [-0.05, 0) is 37.7 Å². The molecule has 1 amide bonds. The number of hydrogen-bond acceptors (Lipinski definition) is 4. The highest BCUT2D eigenvalue weighted by atomic mass is 16.7. The molecule has 2 rings (SSSR count). The number of amides is 1. The van der Waals surface area contributed by atoms with Crippen molar-refractivity contribution in [2.45, 2.75) is 26.3 Å². The molecule has 0 saturated carbocycles. The second kappa shape index (κ2) is 6.80. The monoisotopic (exact) mass is 292 g/mol. The first-order valence-corrected chi connectivity index (χ1v) is 7.30. The summed E-state index contributed by atoms with van der Waals surface area (Å²) in [4.78, 5) is 13.9. The van der Waals surface area contributed by atoms with Crippen molar-refractivity contribution in [2.75, 3.05) is 27.4 Å². The van der Waals surface area contributed by atoms with E-state index in [-0.39, 0.29) is 18.7 Å². The molecular formula is C16H24N2O3. The quantitative estimate of drug-likeness (QED) is 0.873. The number of carbonyl (C=O) groups is 1. The molecule has 0 unspecified atom stereocenters. The maximum Gasteiger partial charge on any atom is 0.231 e. The van der Waals surface area contributed by atoms with Crippen LogP contribution in [0.3, 0.4) is 0 Å². The molecule has 0 aliphatic carbocycles. The fraction of sp³-hybridized carbons (Fsp3) is 0.562. The largest absolute Gasteiger partial charge is 0.454 e. The lowest BCUT2D eigenvalue weighted by Crippen LogP contribution is -2.34. The minimum Gasteiger partial charge on any atom is -0.454 e. The zero-order valence-electron chi connectivity index (χ0n) is 13.2. The van der Waals surface area contributed by atoms with Crippen LogP contribution >= 0.6 is 0 Å². The lowest BCUT2D eigenvalue weighted by Gasteiger charge is -2.25. The number of nitrogens with one attached hydrogen (secondary N) is 1. The van der Waals surface area contributed by atoms with Gasteiger partial charge in [0.2, 0.25) is 12.7 Å². The summed E-state index contributed by atoms with van der Waals surface area (Å²) in [5, 5.41) is 3.01. The van der Waals surface area contributed by atoms with E-state index in [1.807, 2.05) is 46.1 Å². The summed E-state index contributed by atoms with van der Waals surface area (Å²) >= 11 is 0. The van der Waals surface area contributed by atoms with E-state index < -0.39 is 0 Å². The summed E-state index contributed by atoms with van der Waals surface area (Å²) < 4.78 is 10.7. The maximum absolute atomic E-state index is 11.8. The third kappa shape index (κ3) is 4.11. The molecule has 1 aromatic carbocycles. The Kier molecular flexibility index (Phi) is 5.07. The first-order valence-electron chi connectivity index (χ1n) is 7.30. The van der Waals surface area contributed by atoms with Crippen LogP contribution in [0, 0.1) is 5.92 Å². The van der Waals surface area contributed by atoms with E-state index in [0.29, 0.717) is 18.9 Å². The molecule has 0 fully saturated rings. The number of rotatable bonds is 6. The van der Waals surface area contributed by atoms with Crippen molar-refractivity contribution in [3.05, 3.63) is 23.8 Å². The number of carbonyl (C=O) groups excluding carboxylic acids is 1. The zero-order chi connectivity index (χ0) is 15.4. The lowest BCUT2D eigenvalue weighted by atomic mass is 10.0. The fourth-order valence-corrected chi connectivity index (χ4v) is 2.37. The van der Waals surface area contributed by atoms with E-state index in [1.54, 1.807) is 0 Å². The molecule has 1 aliphatic heterocycles. The van der Waals surface area contributed by atoms with Gasteiger partial charge in [-0.3, -0.25) is 4.79 Å². The van der Waals surface area contributed by atoms with E-state index in [1.165, 1.54) is 0 Å². The van der Waals surface area contributed by atoms with Crippen LogP contribution in [0.25, 0.3) is 0 Å². The summed E-state index contributed by atoms with van der Waals surface area (Å²) in [6.07, 6.45) is 0.557. The Morgan fingerprint density at radius 3 is 2.67 bits per heavy atom. The summed E-state index contributed by atoms with van der Waals surface area (Å²) in [7, 11) is 4.01. The van der Waals surface area contributed by atoms with Gasteiger partial charge in [0.25, 0.3) is 0 Å². The number of benzene rings is 1.